The van der Waals surface area contributed by atoms with E-state index in [4.69, 9.17) is 37.4 Å². The van der Waals surface area contributed by atoms with Crippen molar-refractivity contribution in [3.8, 4) is 5.75 Å². The van der Waals surface area contributed by atoms with Crippen molar-refractivity contribution in [3.63, 3.8) is 0 Å². The number of piperidine rings is 1. The smallest absolute Gasteiger partial charge is 0.254 e. The molecule has 4 rings (SSSR count). The predicted molar refractivity (Wildman–Crippen MR) is 138 cm³/mol. The minimum Gasteiger partial charge on any atom is -0.489 e. The van der Waals surface area contributed by atoms with Crippen molar-refractivity contribution in [1.82, 2.24) is 9.62 Å². The average Bonchev–Trinajstić information content (AvgIpc) is 3.08. The number of carbonyl (C=O) groups excluding carboxylic acids is 1. The average molecular weight is 546 g/mol. The van der Waals surface area contributed by atoms with Gasteiger partial charge in [-0.2, -0.15) is 0 Å². The number of fused-ring (bicyclic) bond motifs is 1. The molecule has 1 aliphatic carbocycles. The summed E-state index contributed by atoms with van der Waals surface area (Å²) in [7, 11) is -1.33. The van der Waals surface area contributed by atoms with E-state index in [2.05, 4.69) is 11.3 Å². The molecule has 35 heavy (non-hydrogen) atoms. The van der Waals surface area contributed by atoms with Gasteiger partial charge in [0.2, 0.25) is 0 Å². The minimum atomic E-state index is -1.33. The van der Waals surface area contributed by atoms with Crippen LogP contribution in [0.3, 0.4) is 0 Å². The van der Waals surface area contributed by atoms with Crippen LogP contribution in [0.5, 0.6) is 5.75 Å². The molecule has 1 aromatic carbocycles. The summed E-state index contributed by atoms with van der Waals surface area (Å²) >= 11 is 12.7. The third-order valence-electron chi connectivity index (χ3n) is 6.78. The summed E-state index contributed by atoms with van der Waals surface area (Å²) in [5.74, 6) is 0.516. The zero-order valence-electron chi connectivity index (χ0n) is 20.8. The topological polar surface area (TPSA) is 77.1 Å². The highest BCUT2D eigenvalue weighted by Gasteiger charge is 2.61. The fourth-order valence-electron chi connectivity index (χ4n) is 4.96. The fourth-order valence-corrected chi connectivity index (χ4v) is 6.16. The number of hydrogen-bond donors (Lipinski definition) is 1. The summed E-state index contributed by atoms with van der Waals surface area (Å²) in [5, 5.41) is 0.796. The Morgan fingerprint density at radius 1 is 1.31 bits per heavy atom. The number of carbonyl (C=O) groups is 1. The lowest BCUT2D eigenvalue weighted by Gasteiger charge is -2.29. The maximum atomic E-state index is 13.2. The quantitative estimate of drug-likeness (QED) is 0.487. The number of hydrogen-bond acceptors (Lipinski definition) is 5. The molecule has 0 spiro atoms. The van der Waals surface area contributed by atoms with Crippen LogP contribution in [0.15, 0.2) is 24.8 Å². The molecule has 3 aliphatic rings. The standard InChI is InChI=1S/C25H34Cl2N2O5S/c1-7-8-32-19-10-18(27)17(26)9-14(19)22(28-35(31)24(2,3)4)21-15-11-29(12-16(15)21)23(30)20-13-33-25(5,6)34-20/h7,9-10,15-16,20-22,28H,1,8,11-13H2,2-6H3/t15-,16+,20-,21?,22?,35?/m1/s1. The van der Waals surface area contributed by atoms with Gasteiger partial charge in [0.15, 0.2) is 11.9 Å². The third kappa shape index (κ3) is 5.73. The molecule has 1 saturated carbocycles. The molecule has 0 aromatic heterocycles. The summed E-state index contributed by atoms with van der Waals surface area (Å²) in [5.41, 5.74) is 0.811. The molecule has 2 heterocycles. The van der Waals surface area contributed by atoms with Crippen molar-refractivity contribution < 1.29 is 23.2 Å². The number of nitrogens with one attached hydrogen (secondary N) is 1. The van der Waals surface area contributed by atoms with Crippen molar-refractivity contribution >= 4 is 40.1 Å². The summed E-state index contributed by atoms with van der Waals surface area (Å²) in [6.45, 7) is 15.0. The number of rotatable bonds is 8. The van der Waals surface area contributed by atoms with Crippen LogP contribution in [-0.4, -0.2) is 58.0 Å². The van der Waals surface area contributed by atoms with Crippen molar-refractivity contribution in [1.29, 1.82) is 0 Å². The Morgan fingerprint density at radius 2 is 1.94 bits per heavy atom. The van der Waals surface area contributed by atoms with E-state index >= 15 is 0 Å². The molecular formula is C25H34Cl2N2O5S. The number of nitrogens with zero attached hydrogens (tertiary/aromatic N) is 1. The van der Waals surface area contributed by atoms with Crippen molar-refractivity contribution in [2.45, 2.75) is 57.3 Å². The second-order valence-corrected chi connectivity index (χ2v) is 13.7. The van der Waals surface area contributed by atoms with Crippen LogP contribution in [-0.2, 0) is 25.3 Å². The van der Waals surface area contributed by atoms with E-state index in [9.17, 15) is 9.00 Å². The molecule has 194 valence electrons. The van der Waals surface area contributed by atoms with Gasteiger partial charge in [-0.25, -0.2) is 8.93 Å². The Kier molecular flexibility index (Phi) is 7.65. The Bertz CT molecular complexity index is 1020. The van der Waals surface area contributed by atoms with E-state index < -0.39 is 27.6 Å². The van der Waals surface area contributed by atoms with E-state index in [1.54, 1.807) is 18.2 Å². The van der Waals surface area contributed by atoms with Gasteiger partial charge < -0.3 is 19.1 Å². The first-order chi connectivity index (χ1) is 16.3. The number of amides is 1. The Hall–Kier alpha value is -1.16. The largest absolute Gasteiger partial charge is 0.489 e. The van der Waals surface area contributed by atoms with Gasteiger partial charge in [0.05, 0.1) is 38.4 Å². The molecule has 10 heteroatoms. The van der Waals surface area contributed by atoms with Crippen LogP contribution in [0.1, 0.15) is 46.2 Å². The number of ether oxygens (including phenoxy) is 3. The molecule has 0 radical (unpaired) electrons. The molecule has 7 nitrogen and oxygen atoms in total. The molecule has 1 aromatic rings. The van der Waals surface area contributed by atoms with E-state index in [0.717, 1.165) is 5.56 Å². The van der Waals surface area contributed by atoms with Gasteiger partial charge in [-0.15, -0.1) is 0 Å². The highest BCUT2D eigenvalue weighted by molar-refractivity contribution is 7.84. The summed E-state index contributed by atoms with van der Waals surface area (Å²) < 4.78 is 33.3. The predicted octanol–water partition coefficient (Wildman–Crippen LogP) is 4.51. The lowest BCUT2D eigenvalue weighted by atomic mass is 9.99. The number of benzene rings is 1. The molecule has 2 saturated heterocycles. The maximum absolute atomic E-state index is 13.2. The SMILES string of the molecule is C=CCOc1cc(Cl)c(Cl)cc1C(NS(=O)C(C)(C)C)C1[C@H]2CN(C(=O)[C@H]3COC(C)(C)O3)C[C@@H]12. The van der Waals surface area contributed by atoms with Crippen LogP contribution < -0.4 is 9.46 Å². The van der Waals surface area contributed by atoms with Crippen LogP contribution in [0.4, 0.5) is 0 Å². The zero-order chi connectivity index (χ0) is 25.7. The van der Waals surface area contributed by atoms with Gasteiger partial charge in [-0.05, 0) is 58.4 Å². The molecule has 2 aliphatic heterocycles. The molecule has 3 fully saturated rings. The minimum absolute atomic E-state index is 0.0335. The molecule has 6 atom stereocenters. The highest BCUT2D eigenvalue weighted by atomic mass is 35.5. The Labute approximate surface area is 220 Å². The lowest BCUT2D eigenvalue weighted by molar-refractivity contribution is -0.160. The first-order valence-corrected chi connectivity index (χ1v) is 13.7. The van der Waals surface area contributed by atoms with Gasteiger partial charge in [-0.3, -0.25) is 4.79 Å². The Morgan fingerprint density at radius 3 is 2.49 bits per heavy atom. The van der Waals surface area contributed by atoms with Crippen LogP contribution in [0.25, 0.3) is 0 Å². The summed E-state index contributed by atoms with van der Waals surface area (Å²) in [6, 6.07) is 3.22. The normalized spacial score (nSPS) is 28.9. The molecular weight excluding hydrogens is 511 g/mol. The van der Waals surface area contributed by atoms with Gasteiger partial charge in [0.25, 0.3) is 5.91 Å². The summed E-state index contributed by atoms with van der Waals surface area (Å²) in [6.07, 6.45) is 1.09. The van der Waals surface area contributed by atoms with Gasteiger partial charge in [-0.1, -0.05) is 35.9 Å². The monoisotopic (exact) mass is 544 g/mol. The van der Waals surface area contributed by atoms with Crippen LogP contribution >= 0.6 is 23.2 Å². The fraction of sp³-hybridized carbons (Fsp3) is 0.640. The number of halogens is 2. The highest BCUT2D eigenvalue weighted by Crippen LogP contribution is 2.59. The maximum Gasteiger partial charge on any atom is 0.254 e. The Balaban J connectivity index is 1.55. The van der Waals surface area contributed by atoms with E-state index in [0.29, 0.717) is 35.5 Å². The number of likely N-dealkylation sites (tertiary alicyclic amines) is 1. The first-order valence-electron chi connectivity index (χ1n) is 11.8. The van der Waals surface area contributed by atoms with Gasteiger partial charge in [0.1, 0.15) is 12.4 Å². The van der Waals surface area contributed by atoms with Crippen molar-refractivity contribution in [3.05, 3.63) is 40.4 Å². The molecule has 1 amide bonds. The van der Waals surface area contributed by atoms with E-state index in [-0.39, 0.29) is 36.3 Å². The molecule has 3 unspecified atom stereocenters. The van der Waals surface area contributed by atoms with Crippen molar-refractivity contribution in [2.24, 2.45) is 17.8 Å². The van der Waals surface area contributed by atoms with Gasteiger partial charge in [0, 0.05) is 24.7 Å². The second-order valence-electron chi connectivity index (χ2n) is 10.8. The molecule has 1 N–H and O–H groups in total. The van der Waals surface area contributed by atoms with E-state index in [1.165, 1.54) is 0 Å². The molecule has 0 bridgehead atoms. The van der Waals surface area contributed by atoms with Gasteiger partial charge >= 0.3 is 0 Å². The van der Waals surface area contributed by atoms with Crippen molar-refractivity contribution in [2.75, 3.05) is 26.3 Å². The summed E-state index contributed by atoms with van der Waals surface area (Å²) in [4.78, 5) is 14.9. The van der Waals surface area contributed by atoms with E-state index in [1.807, 2.05) is 39.5 Å². The van der Waals surface area contributed by atoms with Crippen LogP contribution in [0, 0.1) is 17.8 Å². The van der Waals surface area contributed by atoms with Crippen LogP contribution in [0.2, 0.25) is 10.0 Å². The lowest BCUT2D eigenvalue weighted by Crippen LogP contribution is -2.42. The third-order valence-corrected chi connectivity index (χ3v) is 9.08. The second kappa shape index (κ2) is 9.95. The zero-order valence-corrected chi connectivity index (χ0v) is 23.1. The first kappa shape index (κ1) is 26.9.